The molecular weight excluding hydrogens is 540 g/mol. The van der Waals surface area contributed by atoms with Crippen LogP contribution in [0.3, 0.4) is 0 Å². The molecule has 202 valence electrons. The van der Waals surface area contributed by atoms with Crippen LogP contribution < -0.4 is 0 Å². The van der Waals surface area contributed by atoms with Gasteiger partial charge in [0, 0.05) is 43.9 Å². The third kappa shape index (κ3) is 2.90. The van der Waals surface area contributed by atoms with Crippen LogP contribution in [0.5, 0.6) is 0 Å². The summed E-state index contributed by atoms with van der Waals surface area (Å²) in [5, 5.41) is 8.06. The summed E-state index contributed by atoms with van der Waals surface area (Å²) >= 11 is 0. The SMILES string of the molecule is [C-]#[N+]c1cccc(-c2nc(-n3c4ccccc4c4c5c6ccccc6n6c7ccccc7c(cc43)c56)nc3ncccc23)c1. The first-order chi connectivity index (χ1) is 21.8. The molecule has 6 nitrogen and oxygen atoms in total. The minimum atomic E-state index is 0.548. The van der Waals surface area contributed by atoms with Crippen LogP contribution in [0.2, 0.25) is 0 Å². The van der Waals surface area contributed by atoms with Gasteiger partial charge >= 0.3 is 0 Å². The largest absolute Gasteiger partial charge is 0.308 e. The normalized spacial score (nSPS) is 12.1. The quantitative estimate of drug-likeness (QED) is 0.198. The molecule has 0 bridgehead atoms. The van der Waals surface area contributed by atoms with Crippen LogP contribution in [0, 0.1) is 6.57 Å². The molecule has 10 aromatic rings. The van der Waals surface area contributed by atoms with Crippen molar-refractivity contribution in [3.63, 3.8) is 0 Å². The summed E-state index contributed by atoms with van der Waals surface area (Å²) in [5.41, 5.74) is 8.50. The number of pyridine rings is 1. The molecule has 6 heteroatoms. The van der Waals surface area contributed by atoms with E-state index in [1.165, 1.54) is 43.5 Å². The van der Waals surface area contributed by atoms with E-state index in [1.54, 1.807) is 6.20 Å². The molecule has 0 N–H and O–H groups in total. The van der Waals surface area contributed by atoms with Gasteiger partial charge in [0.05, 0.1) is 39.8 Å². The van der Waals surface area contributed by atoms with Crippen molar-refractivity contribution in [1.29, 1.82) is 0 Å². The highest BCUT2D eigenvalue weighted by atomic mass is 15.2. The first kappa shape index (κ1) is 23.3. The molecule has 5 aromatic heterocycles. The highest BCUT2D eigenvalue weighted by Gasteiger charge is 2.25. The molecule has 10 rings (SSSR count). The van der Waals surface area contributed by atoms with E-state index in [9.17, 15) is 0 Å². The summed E-state index contributed by atoms with van der Waals surface area (Å²) < 4.78 is 4.60. The topological polar surface area (TPSA) is 52.4 Å². The molecule has 0 aliphatic heterocycles. The first-order valence-corrected chi connectivity index (χ1v) is 14.5. The van der Waals surface area contributed by atoms with Crippen molar-refractivity contribution in [1.82, 2.24) is 23.9 Å². The van der Waals surface area contributed by atoms with Gasteiger partial charge in [-0.25, -0.2) is 14.8 Å². The van der Waals surface area contributed by atoms with Gasteiger partial charge in [0.1, 0.15) is 0 Å². The zero-order valence-electron chi connectivity index (χ0n) is 23.2. The highest BCUT2D eigenvalue weighted by molar-refractivity contribution is 6.35. The molecule has 0 aliphatic rings. The number of benzene rings is 5. The van der Waals surface area contributed by atoms with Gasteiger partial charge in [0.2, 0.25) is 5.95 Å². The lowest BCUT2D eigenvalue weighted by Gasteiger charge is -2.11. The highest BCUT2D eigenvalue weighted by Crippen LogP contribution is 2.46. The summed E-state index contributed by atoms with van der Waals surface area (Å²) in [6, 6.07) is 39.6. The lowest BCUT2D eigenvalue weighted by molar-refractivity contribution is 1.01. The maximum atomic E-state index is 7.58. The van der Waals surface area contributed by atoms with Crippen LogP contribution in [0.25, 0.3) is 93.0 Å². The fraction of sp³-hybridized carbons (Fsp3) is 0. The molecule has 5 heterocycles. The van der Waals surface area contributed by atoms with Crippen molar-refractivity contribution in [2.75, 3.05) is 0 Å². The van der Waals surface area contributed by atoms with E-state index in [0.717, 1.165) is 33.1 Å². The fourth-order valence-electron chi connectivity index (χ4n) is 7.17. The third-order valence-corrected chi connectivity index (χ3v) is 8.92. The Bertz CT molecular complexity index is 2850. The Morgan fingerprint density at radius 2 is 1.27 bits per heavy atom. The standard InChI is InChI=1S/C38H20N6/c1-39-23-11-8-10-22(20-23)35-27-15-9-19-40-37(27)42-38(41-35)44-31-18-7-3-13-25(31)33-32(44)21-28-24-12-2-5-16-29(24)43-30-17-6-4-14-26(30)34(33)36(28)43/h2-21H. The Labute approximate surface area is 250 Å². The summed E-state index contributed by atoms with van der Waals surface area (Å²) in [6.07, 6.45) is 1.76. The van der Waals surface area contributed by atoms with Crippen molar-refractivity contribution < 1.29 is 0 Å². The van der Waals surface area contributed by atoms with Gasteiger partial charge in [-0.2, -0.15) is 4.98 Å². The first-order valence-electron chi connectivity index (χ1n) is 14.5. The molecule has 44 heavy (non-hydrogen) atoms. The second-order valence-electron chi connectivity index (χ2n) is 11.2. The Morgan fingerprint density at radius 1 is 0.568 bits per heavy atom. The van der Waals surface area contributed by atoms with Gasteiger partial charge in [-0.1, -0.05) is 72.8 Å². The molecule has 0 radical (unpaired) electrons. The van der Waals surface area contributed by atoms with E-state index in [0.29, 0.717) is 17.3 Å². The fourth-order valence-corrected chi connectivity index (χ4v) is 7.17. The molecule has 0 spiro atoms. The lowest BCUT2D eigenvalue weighted by atomic mass is 10.0. The van der Waals surface area contributed by atoms with E-state index in [-0.39, 0.29) is 0 Å². The predicted molar refractivity (Wildman–Crippen MR) is 178 cm³/mol. The lowest BCUT2D eigenvalue weighted by Crippen LogP contribution is -2.04. The third-order valence-electron chi connectivity index (χ3n) is 8.92. The molecule has 0 aliphatic carbocycles. The number of hydrogen-bond acceptors (Lipinski definition) is 3. The zero-order chi connectivity index (χ0) is 28.9. The van der Waals surface area contributed by atoms with E-state index in [1.807, 2.05) is 36.4 Å². The van der Waals surface area contributed by atoms with Crippen molar-refractivity contribution in [3.05, 3.63) is 133 Å². The van der Waals surface area contributed by atoms with Crippen molar-refractivity contribution in [2.45, 2.75) is 0 Å². The average Bonchev–Trinajstić information content (AvgIpc) is 3.72. The van der Waals surface area contributed by atoms with Gasteiger partial charge in [0.25, 0.3) is 0 Å². The van der Waals surface area contributed by atoms with Crippen molar-refractivity contribution in [2.24, 2.45) is 0 Å². The number of aromatic nitrogens is 5. The molecule has 0 atom stereocenters. The van der Waals surface area contributed by atoms with E-state index >= 15 is 0 Å². The molecule has 5 aromatic carbocycles. The minimum absolute atomic E-state index is 0.548. The van der Waals surface area contributed by atoms with Gasteiger partial charge in [-0.3, -0.25) is 4.57 Å². The molecule has 0 fully saturated rings. The number of hydrogen-bond donors (Lipinski definition) is 0. The van der Waals surface area contributed by atoms with Crippen LogP contribution in [0.15, 0.2) is 121 Å². The molecule has 0 unspecified atom stereocenters. The van der Waals surface area contributed by atoms with Gasteiger partial charge in [-0.05, 0) is 48.0 Å². The Morgan fingerprint density at radius 3 is 2.09 bits per heavy atom. The summed E-state index contributed by atoms with van der Waals surface area (Å²) in [5.74, 6) is 0.548. The summed E-state index contributed by atoms with van der Waals surface area (Å²) in [6.45, 7) is 7.58. The van der Waals surface area contributed by atoms with Crippen LogP contribution in [-0.2, 0) is 0 Å². The Balaban J connectivity index is 1.42. The Kier molecular flexibility index (Phi) is 4.43. The van der Waals surface area contributed by atoms with Crippen molar-refractivity contribution >= 4 is 76.6 Å². The molecule has 0 saturated carbocycles. The van der Waals surface area contributed by atoms with Crippen LogP contribution in [-0.4, -0.2) is 23.9 Å². The van der Waals surface area contributed by atoms with Gasteiger partial charge < -0.3 is 4.40 Å². The van der Waals surface area contributed by atoms with Crippen LogP contribution in [0.1, 0.15) is 0 Å². The maximum Gasteiger partial charge on any atom is 0.237 e. The second-order valence-corrected chi connectivity index (χ2v) is 11.2. The van der Waals surface area contributed by atoms with E-state index in [4.69, 9.17) is 16.5 Å². The van der Waals surface area contributed by atoms with Crippen molar-refractivity contribution in [3.8, 4) is 17.2 Å². The average molecular weight is 561 g/mol. The van der Waals surface area contributed by atoms with E-state index in [2.05, 4.69) is 97.7 Å². The predicted octanol–water partition coefficient (Wildman–Crippen LogP) is 9.49. The summed E-state index contributed by atoms with van der Waals surface area (Å²) in [7, 11) is 0. The van der Waals surface area contributed by atoms with Gasteiger partial charge in [-0.15, -0.1) is 0 Å². The van der Waals surface area contributed by atoms with E-state index < -0.39 is 0 Å². The number of para-hydroxylation sites is 3. The molecule has 0 amide bonds. The zero-order valence-corrected chi connectivity index (χ0v) is 23.2. The molecule has 0 saturated heterocycles. The smallest absolute Gasteiger partial charge is 0.237 e. The number of rotatable bonds is 2. The van der Waals surface area contributed by atoms with Gasteiger partial charge in [0.15, 0.2) is 11.3 Å². The Hall–Kier alpha value is -6.32. The number of fused-ring (bicyclic) bond motifs is 11. The maximum absolute atomic E-state index is 7.58. The molecular formula is C38H20N6. The van der Waals surface area contributed by atoms with Crippen LogP contribution >= 0.6 is 0 Å². The minimum Gasteiger partial charge on any atom is -0.308 e. The second kappa shape index (κ2) is 8.37. The monoisotopic (exact) mass is 560 g/mol. The van der Waals surface area contributed by atoms with Crippen LogP contribution in [0.4, 0.5) is 5.69 Å². The number of nitrogens with zero attached hydrogens (tertiary/aromatic N) is 6. The summed E-state index contributed by atoms with van der Waals surface area (Å²) in [4.78, 5) is 18.6.